The number of nitrogens with zero attached hydrogens (tertiary/aromatic N) is 2. The molecule has 1 aromatic carbocycles. The zero-order valence-electron chi connectivity index (χ0n) is 8.68. The van der Waals surface area contributed by atoms with Crippen molar-refractivity contribution < 1.29 is 4.42 Å². The van der Waals surface area contributed by atoms with Crippen molar-refractivity contribution in [3.63, 3.8) is 0 Å². The fourth-order valence-corrected chi connectivity index (χ4v) is 2.47. The molecule has 0 saturated heterocycles. The highest BCUT2D eigenvalue weighted by Crippen LogP contribution is 2.35. The first-order valence-electron chi connectivity index (χ1n) is 4.99. The van der Waals surface area contributed by atoms with Gasteiger partial charge in [0.25, 0.3) is 0 Å². The van der Waals surface area contributed by atoms with E-state index in [1.807, 2.05) is 18.2 Å². The molecule has 0 aliphatic heterocycles. The molecule has 0 aliphatic rings. The molecule has 0 spiro atoms. The molecule has 0 bridgehead atoms. The Balaban J connectivity index is 2.27. The molecular weight excluding hydrogens is 258 g/mol. The average Bonchev–Trinajstić information content (AvgIpc) is 2.96. The van der Waals surface area contributed by atoms with Gasteiger partial charge >= 0.3 is 0 Å². The lowest BCUT2D eigenvalue weighted by Gasteiger charge is -2.01. The van der Waals surface area contributed by atoms with Crippen LogP contribution in [0.1, 0.15) is 5.76 Å². The smallest absolute Gasteiger partial charge is 0.138 e. The van der Waals surface area contributed by atoms with E-state index >= 15 is 0 Å². The molecule has 0 saturated carbocycles. The predicted molar refractivity (Wildman–Crippen MR) is 68.0 cm³/mol. The van der Waals surface area contributed by atoms with Gasteiger partial charge in [-0.1, -0.05) is 11.6 Å². The molecule has 0 radical (unpaired) electrons. The van der Waals surface area contributed by atoms with Gasteiger partial charge in [0.05, 0.1) is 28.9 Å². The van der Waals surface area contributed by atoms with Crippen molar-refractivity contribution in [2.45, 2.75) is 6.54 Å². The van der Waals surface area contributed by atoms with Gasteiger partial charge in [-0.25, -0.2) is 0 Å². The summed E-state index contributed by atoms with van der Waals surface area (Å²) in [6.07, 6.45) is 0. The van der Waals surface area contributed by atoms with E-state index < -0.39 is 0 Å². The summed E-state index contributed by atoms with van der Waals surface area (Å²) in [6.45, 7) is 0.364. The minimum absolute atomic E-state index is 0.364. The Morgan fingerprint density at radius 1 is 1.24 bits per heavy atom. The van der Waals surface area contributed by atoms with Crippen LogP contribution >= 0.6 is 23.3 Å². The van der Waals surface area contributed by atoms with Crippen LogP contribution in [0.15, 0.2) is 28.7 Å². The Morgan fingerprint density at radius 2 is 2.12 bits per heavy atom. The van der Waals surface area contributed by atoms with E-state index in [4.69, 9.17) is 21.8 Å². The summed E-state index contributed by atoms with van der Waals surface area (Å²) in [5, 5.41) is 0.600. The largest absolute Gasteiger partial charge is 0.460 e. The zero-order chi connectivity index (χ0) is 11.8. The number of benzene rings is 1. The van der Waals surface area contributed by atoms with Crippen molar-refractivity contribution in [1.29, 1.82) is 0 Å². The molecule has 6 heteroatoms. The standard InChI is InChI=1S/C11H8ClN3OS/c12-7-2-3-8-11(15-17-14-8)10(7)9-4-1-6(5-13)16-9/h1-4H,5,13H2. The number of nitrogens with two attached hydrogens (primary N) is 1. The number of furan rings is 1. The Bertz CT molecular complexity index is 676. The summed E-state index contributed by atoms with van der Waals surface area (Å²) < 4.78 is 14.0. The Labute approximate surface area is 106 Å². The molecule has 0 amide bonds. The second kappa shape index (κ2) is 4.10. The summed E-state index contributed by atoms with van der Waals surface area (Å²) in [5.74, 6) is 1.39. The maximum atomic E-state index is 6.19. The van der Waals surface area contributed by atoms with Crippen LogP contribution in [0.5, 0.6) is 0 Å². The normalized spacial score (nSPS) is 11.2. The van der Waals surface area contributed by atoms with Gasteiger partial charge in [-0.3, -0.25) is 0 Å². The predicted octanol–water partition coefficient (Wildman–Crippen LogP) is 3.06. The minimum Gasteiger partial charge on any atom is -0.460 e. The summed E-state index contributed by atoms with van der Waals surface area (Å²) in [6, 6.07) is 7.33. The average molecular weight is 266 g/mol. The molecule has 17 heavy (non-hydrogen) atoms. The number of halogens is 1. The van der Waals surface area contributed by atoms with Gasteiger partial charge in [0, 0.05) is 0 Å². The lowest BCUT2D eigenvalue weighted by molar-refractivity contribution is 0.526. The van der Waals surface area contributed by atoms with Crippen molar-refractivity contribution in [2.24, 2.45) is 5.73 Å². The fourth-order valence-electron chi connectivity index (χ4n) is 1.68. The van der Waals surface area contributed by atoms with Crippen LogP contribution in [0.2, 0.25) is 5.02 Å². The van der Waals surface area contributed by atoms with Crippen molar-refractivity contribution in [3.8, 4) is 11.3 Å². The van der Waals surface area contributed by atoms with Crippen molar-refractivity contribution in [3.05, 3.63) is 35.0 Å². The monoisotopic (exact) mass is 265 g/mol. The number of aromatic nitrogens is 2. The first-order valence-corrected chi connectivity index (χ1v) is 6.10. The zero-order valence-corrected chi connectivity index (χ0v) is 10.3. The molecule has 2 aromatic heterocycles. The molecule has 2 N–H and O–H groups in total. The van der Waals surface area contributed by atoms with Crippen LogP contribution in [0.4, 0.5) is 0 Å². The lowest BCUT2D eigenvalue weighted by atomic mass is 10.1. The van der Waals surface area contributed by atoms with E-state index in [-0.39, 0.29) is 0 Å². The first-order chi connectivity index (χ1) is 8.29. The van der Waals surface area contributed by atoms with Crippen LogP contribution < -0.4 is 5.73 Å². The van der Waals surface area contributed by atoms with Crippen molar-refractivity contribution in [2.75, 3.05) is 0 Å². The van der Waals surface area contributed by atoms with Gasteiger partial charge in [0.15, 0.2) is 0 Å². The molecule has 0 fully saturated rings. The van der Waals surface area contributed by atoms with Gasteiger partial charge in [0.2, 0.25) is 0 Å². The quantitative estimate of drug-likeness (QED) is 0.773. The molecule has 2 heterocycles. The minimum atomic E-state index is 0.364. The van der Waals surface area contributed by atoms with Crippen LogP contribution in [0.25, 0.3) is 22.4 Å². The van der Waals surface area contributed by atoms with E-state index in [2.05, 4.69) is 8.75 Å². The second-order valence-corrected chi connectivity index (χ2v) is 4.46. The van der Waals surface area contributed by atoms with Crippen LogP contribution in [-0.4, -0.2) is 8.75 Å². The van der Waals surface area contributed by atoms with Crippen LogP contribution in [-0.2, 0) is 6.54 Å². The summed E-state index contributed by atoms with van der Waals surface area (Å²) >= 11 is 7.35. The van der Waals surface area contributed by atoms with Crippen LogP contribution in [0, 0.1) is 0 Å². The third-order valence-corrected chi connectivity index (χ3v) is 3.34. The van der Waals surface area contributed by atoms with E-state index in [9.17, 15) is 0 Å². The Hall–Kier alpha value is -1.43. The van der Waals surface area contributed by atoms with Gasteiger partial charge in [-0.15, -0.1) is 0 Å². The van der Waals surface area contributed by atoms with Gasteiger partial charge in [-0.05, 0) is 24.3 Å². The molecule has 86 valence electrons. The molecule has 3 aromatic rings. The van der Waals surface area contributed by atoms with Crippen LogP contribution in [0.3, 0.4) is 0 Å². The number of hydrogen-bond acceptors (Lipinski definition) is 5. The molecule has 0 atom stereocenters. The van der Waals surface area contributed by atoms with Crippen molar-refractivity contribution in [1.82, 2.24) is 8.75 Å². The van der Waals surface area contributed by atoms with E-state index in [1.165, 1.54) is 0 Å². The highest BCUT2D eigenvalue weighted by atomic mass is 35.5. The Morgan fingerprint density at radius 3 is 2.88 bits per heavy atom. The molecule has 0 unspecified atom stereocenters. The third-order valence-electron chi connectivity index (χ3n) is 2.49. The first kappa shape index (κ1) is 10.7. The van der Waals surface area contributed by atoms with Crippen molar-refractivity contribution >= 4 is 34.4 Å². The molecule has 3 rings (SSSR count). The Kier molecular flexibility index (Phi) is 2.58. The maximum Gasteiger partial charge on any atom is 0.138 e. The van der Waals surface area contributed by atoms with Gasteiger partial charge in [0.1, 0.15) is 22.6 Å². The molecule has 0 aliphatic carbocycles. The summed E-state index contributed by atoms with van der Waals surface area (Å²) in [7, 11) is 0. The topological polar surface area (TPSA) is 64.9 Å². The van der Waals surface area contributed by atoms with Gasteiger partial charge < -0.3 is 10.2 Å². The third kappa shape index (κ3) is 1.72. The van der Waals surface area contributed by atoms with E-state index in [0.717, 1.165) is 34.1 Å². The van der Waals surface area contributed by atoms with E-state index in [1.54, 1.807) is 6.07 Å². The SMILES string of the molecule is NCc1ccc(-c2c(Cl)ccc3nsnc23)o1. The number of rotatable bonds is 2. The highest BCUT2D eigenvalue weighted by Gasteiger charge is 2.15. The van der Waals surface area contributed by atoms with Gasteiger partial charge in [-0.2, -0.15) is 8.75 Å². The highest BCUT2D eigenvalue weighted by molar-refractivity contribution is 7.00. The molecular formula is C11H8ClN3OS. The second-order valence-electron chi connectivity index (χ2n) is 3.52. The van der Waals surface area contributed by atoms with E-state index in [0.29, 0.717) is 17.3 Å². The lowest BCUT2D eigenvalue weighted by Crippen LogP contribution is -1.92. The fraction of sp³-hybridized carbons (Fsp3) is 0.0909. The summed E-state index contributed by atoms with van der Waals surface area (Å²) in [4.78, 5) is 0. The summed E-state index contributed by atoms with van der Waals surface area (Å²) in [5.41, 5.74) is 7.88. The molecule has 4 nitrogen and oxygen atoms in total. The number of hydrogen-bond donors (Lipinski definition) is 1. The number of fused-ring (bicyclic) bond motifs is 1. The maximum absolute atomic E-state index is 6.19.